The van der Waals surface area contributed by atoms with E-state index in [9.17, 15) is 4.79 Å². The van der Waals surface area contributed by atoms with Crippen molar-refractivity contribution in [2.45, 2.75) is 19.8 Å². The second kappa shape index (κ2) is 4.61. The number of nitrogens with zero attached hydrogens (tertiary/aromatic N) is 1. The summed E-state index contributed by atoms with van der Waals surface area (Å²) in [5.74, 6) is 0.141. The van der Waals surface area contributed by atoms with Crippen LogP contribution in [-0.2, 0) is 4.79 Å². The highest BCUT2D eigenvalue weighted by Gasteiger charge is 2.17. The van der Waals surface area contributed by atoms with Gasteiger partial charge in [-0.3, -0.25) is 9.79 Å². The molecule has 1 rings (SSSR count). The van der Waals surface area contributed by atoms with Gasteiger partial charge in [-0.1, -0.05) is 0 Å². The Balaban J connectivity index is 0.000000461. The minimum atomic E-state index is 0.141. The number of rotatable bonds is 1. The molecular formula is C9H13NO. The van der Waals surface area contributed by atoms with Gasteiger partial charge >= 0.3 is 0 Å². The van der Waals surface area contributed by atoms with E-state index in [2.05, 4.69) is 24.9 Å². The molecule has 0 saturated heterocycles. The molecule has 1 aliphatic carbocycles. The Morgan fingerprint density at radius 2 is 1.91 bits per heavy atom. The smallest absolute Gasteiger partial charge is 0.181 e. The number of hydrogen-bond donors (Lipinski definition) is 0. The number of carbonyl (C=O) groups is 1. The van der Waals surface area contributed by atoms with Gasteiger partial charge in [-0.25, -0.2) is 0 Å². The summed E-state index contributed by atoms with van der Waals surface area (Å²) >= 11 is 0. The molecule has 0 fully saturated rings. The Bertz CT molecular complexity index is 204. The Morgan fingerprint density at radius 1 is 1.36 bits per heavy atom. The molecule has 2 heteroatoms. The Kier molecular flexibility index (Phi) is 4.11. The zero-order valence-corrected chi connectivity index (χ0v) is 6.89. The van der Waals surface area contributed by atoms with Gasteiger partial charge in [0.05, 0.1) is 0 Å². The maximum atomic E-state index is 10.8. The van der Waals surface area contributed by atoms with Crippen LogP contribution in [0.3, 0.4) is 0 Å². The Hall–Kier alpha value is -1.18. The summed E-state index contributed by atoms with van der Waals surface area (Å²) in [4.78, 5) is 14.5. The van der Waals surface area contributed by atoms with Crippen LogP contribution in [0, 0.1) is 0 Å². The zero-order chi connectivity index (χ0) is 8.85. The Morgan fingerprint density at radius 3 is 2.09 bits per heavy atom. The van der Waals surface area contributed by atoms with Crippen LogP contribution in [0.4, 0.5) is 0 Å². The normalized spacial score (nSPS) is 15.9. The molecule has 0 heterocycles. The molecule has 60 valence electrons. The van der Waals surface area contributed by atoms with Gasteiger partial charge in [0, 0.05) is 6.42 Å². The fourth-order valence-corrected chi connectivity index (χ4v) is 0.999. The summed E-state index contributed by atoms with van der Waals surface area (Å²) in [5.41, 5.74) is 1.67. The quantitative estimate of drug-likeness (QED) is 0.417. The molecule has 2 nitrogen and oxygen atoms in total. The van der Waals surface area contributed by atoms with Crippen LogP contribution in [0.25, 0.3) is 0 Å². The average molecular weight is 151 g/mol. The monoisotopic (exact) mass is 151 g/mol. The molecule has 0 aromatic heterocycles. The fraction of sp³-hybridized carbons (Fsp3) is 0.333. The maximum absolute atomic E-state index is 10.8. The summed E-state index contributed by atoms with van der Waals surface area (Å²) in [6, 6.07) is 0. The number of allylic oxidation sites excluding steroid dienone is 2. The third-order valence-electron chi connectivity index (χ3n) is 1.55. The summed E-state index contributed by atoms with van der Waals surface area (Å²) < 4.78 is 0. The van der Waals surface area contributed by atoms with Gasteiger partial charge in [0.25, 0.3) is 0 Å². The van der Waals surface area contributed by atoms with Gasteiger partial charge in [-0.2, -0.15) is 0 Å². The first kappa shape index (κ1) is 9.82. The van der Waals surface area contributed by atoms with Crippen molar-refractivity contribution < 1.29 is 4.79 Å². The third kappa shape index (κ3) is 2.15. The predicted molar refractivity (Wildman–Crippen MR) is 47.7 cm³/mol. The van der Waals surface area contributed by atoms with Crippen LogP contribution in [0.15, 0.2) is 29.4 Å². The van der Waals surface area contributed by atoms with Crippen molar-refractivity contribution in [2.75, 3.05) is 0 Å². The van der Waals surface area contributed by atoms with Crippen LogP contribution in [-0.4, -0.2) is 12.5 Å². The molecule has 0 N–H and O–H groups in total. The molecule has 0 aromatic carbocycles. The molecule has 0 radical (unpaired) electrons. The standard InChI is InChI=1S/C7H9NO.C2H4/c1-5-3-4-6(9)7(5)8-2;1-2/h2-4H2,1H3;1-2H2. The van der Waals surface area contributed by atoms with Gasteiger partial charge in [0.2, 0.25) is 0 Å². The van der Waals surface area contributed by atoms with E-state index in [4.69, 9.17) is 0 Å². The molecule has 1 aliphatic rings. The lowest BCUT2D eigenvalue weighted by Gasteiger charge is -1.88. The molecule has 0 saturated carbocycles. The van der Waals surface area contributed by atoms with Crippen molar-refractivity contribution in [3.8, 4) is 0 Å². The highest BCUT2D eigenvalue weighted by atomic mass is 16.1. The molecular weight excluding hydrogens is 138 g/mol. The van der Waals surface area contributed by atoms with E-state index in [1.54, 1.807) is 0 Å². The van der Waals surface area contributed by atoms with Gasteiger partial charge in [0.1, 0.15) is 5.70 Å². The SMILES string of the molecule is C=C.C=NC1=C(C)CCC1=O. The molecule has 0 spiro atoms. The largest absolute Gasteiger partial charge is 0.292 e. The lowest BCUT2D eigenvalue weighted by Crippen LogP contribution is -1.91. The van der Waals surface area contributed by atoms with Gasteiger partial charge < -0.3 is 0 Å². The Labute approximate surface area is 67.3 Å². The summed E-state index contributed by atoms with van der Waals surface area (Å²) in [5, 5.41) is 0. The van der Waals surface area contributed by atoms with Crippen molar-refractivity contribution in [3.05, 3.63) is 24.4 Å². The molecule has 0 unspecified atom stereocenters. The van der Waals surface area contributed by atoms with Crippen molar-refractivity contribution >= 4 is 12.5 Å². The number of ketones is 1. The minimum absolute atomic E-state index is 0.141. The molecule has 0 aliphatic heterocycles. The summed E-state index contributed by atoms with van der Waals surface area (Å²) in [6.45, 7) is 11.2. The van der Waals surface area contributed by atoms with Gasteiger partial charge in [-0.05, 0) is 25.6 Å². The lowest BCUT2D eigenvalue weighted by atomic mass is 10.3. The number of aliphatic imine (C=N–C) groups is 1. The lowest BCUT2D eigenvalue weighted by molar-refractivity contribution is -0.114. The molecule has 0 aromatic rings. The van der Waals surface area contributed by atoms with Crippen LogP contribution in [0.5, 0.6) is 0 Å². The topological polar surface area (TPSA) is 29.4 Å². The number of hydrogen-bond acceptors (Lipinski definition) is 2. The van der Waals surface area contributed by atoms with Crippen LogP contribution in [0.2, 0.25) is 0 Å². The van der Waals surface area contributed by atoms with Crippen LogP contribution < -0.4 is 0 Å². The molecule has 0 amide bonds. The van der Waals surface area contributed by atoms with E-state index >= 15 is 0 Å². The average Bonchev–Trinajstić information content (AvgIpc) is 2.35. The third-order valence-corrected chi connectivity index (χ3v) is 1.55. The highest BCUT2D eigenvalue weighted by molar-refractivity contribution is 5.98. The van der Waals surface area contributed by atoms with Crippen LogP contribution >= 0.6 is 0 Å². The predicted octanol–water partition coefficient (Wildman–Crippen LogP) is 2.13. The zero-order valence-electron chi connectivity index (χ0n) is 6.89. The highest BCUT2D eigenvalue weighted by Crippen LogP contribution is 2.22. The molecule has 11 heavy (non-hydrogen) atoms. The maximum Gasteiger partial charge on any atom is 0.181 e. The minimum Gasteiger partial charge on any atom is -0.292 e. The van der Waals surface area contributed by atoms with E-state index in [0.717, 1.165) is 12.0 Å². The van der Waals surface area contributed by atoms with Crippen LogP contribution in [0.1, 0.15) is 19.8 Å². The van der Waals surface area contributed by atoms with Crippen molar-refractivity contribution in [2.24, 2.45) is 4.99 Å². The second-order valence-electron chi connectivity index (χ2n) is 2.21. The van der Waals surface area contributed by atoms with Crippen molar-refractivity contribution in [1.29, 1.82) is 0 Å². The van der Waals surface area contributed by atoms with E-state index in [0.29, 0.717) is 12.1 Å². The number of carbonyl (C=O) groups excluding carboxylic acids is 1. The van der Waals surface area contributed by atoms with Crippen molar-refractivity contribution in [3.63, 3.8) is 0 Å². The van der Waals surface area contributed by atoms with E-state index < -0.39 is 0 Å². The van der Waals surface area contributed by atoms with E-state index in [-0.39, 0.29) is 5.78 Å². The number of Topliss-reactive ketones (excluding diaryl/α,β-unsaturated/α-hetero) is 1. The second-order valence-corrected chi connectivity index (χ2v) is 2.21. The molecule has 0 atom stereocenters. The first-order chi connectivity index (χ1) is 5.25. The van der Waals surface area contributed by atoms with Crippen molar-refractivity contribution in [1.82, 2.24) is 0 Å². The van der Waals surface area contributed by atoms with Gasteiger partial charge in [-0.15, -0.1) is 13.2 Å². The summed E-state index contributed by atoms with van der Waals surface area (Å²) in [6.07, 6.45) is 1.49. The summed E-state index contributed by atoms with van der Waals surface area (Å²) in [7, 11) is 0. The fourth-order valence-electron chi connectivity index (χ4n) is 0.999. The van der Waals surface area contributed by atoms with E-state index in [1.165, 1.54) is 0 Å². The molecule has 0 bridgehead atoms. The van der Waals surface area contributed by atoms with Gasteiger partial charge in [0.15, 0.2) is 5.78 Å². The first-order valence-electron chi connectivity index (χ1n) is 3.45. The first-order valence-corrected chi connectivity index (χ1v) is 3.45. The van der Waals surface area contributed by atoms with E-state index in [1.807, 2.05) is 6.92 Å².